The Morgan fingerprint density at radius 2 is 1.00 bits per heavy atom. The number of nitrogens with zero attached hydrogens (tertiary/aromatic N) is 4. The van der Waals surface area contributed by atoms with Crippen LogP contribution in [0.2, 0.25) is 0 Å². The molecule has 4 aromatic heterocycles. The lowest BCUT2D eigenvalue weighted by Crippen LogP contribution is -2.03. The Bertz CT molecular complexity index is 3840. The summed E-state index contributed by atoms with van der Waals surface area (Å²) in [4.78, 5) is 10.8. The first-order valence-electron chi connectivity index (χ1n) is 20.0. The maximum absolute atomic E-state index is 7.01. The number of benzene rings is 9. The van der Waals surface area contributed by atoms with Gasteiger partial charge < -0.3 is 8.98 Å². The van der Waals surface area contributed by atoms with Gasteiger partial charge in [-0.15, -0.1) is 0 Å². The second-order valence-corrected chi connectivity index (χ2v) is 15.3. The zero-order chi connectivity index (χ0) is 38.6. The highest BCUT2D eigenvalue weighted by atomic mass is 16.3. The van der Waals surface area contributed by atoms with Crippen LogP contribution >= 0.6 is 0 Å². The number of hydrogen-bond acceptors (Lipinski definition) is 3. The standard InChI is InChI=1S/C54H32N4O/c1-3-15-33(16-4-1)43-32-49-50(39-21-8-7-19-36(39)43)42-29-30-47-51(53(42)59-49)41-23-11-14-26-46(41)58(47)54-55-44-24-12-9-22-40(44)52(56-54)34-27-28-38-37-20-10-13-25-45(37)57(48(38)31-34)35-17-5-2-6-18-35/h1-32H. The summed E-state index contributed by atoms with van der Waals surface area (Å²) in [5, 5.41) is 10.2. The first-order valence-corrected chi connectivity index (χ1v) is 20.0. The number of aromatic nitrogens is 4. The number of fused-ring (bicyclic) bond motifs is 13. The summed E-state index contributed by atoms with van der Waals surface area (Å²) >= 11 is 0. The fourth-order valence-electron chi connectivity index (χ4n) is 9.58. The van der Waals surface area contributed by atoms with Crippen LogP contribution in [0.5, 0.6) is 0 Å². The summed E-state index contributed by atoms with van der Waals surface area (Å²) in [6.45, 7) is 0. The molecule has 0 radical (unpaired) electrons. The van der Waals surface area contributed by atoms with Crippen molar-refractivity contribution in [3.8, 4) is 34.0 Å². The van der Waals surface area contributed by atoms with Crippen LogP contribution < -0.4 is 0 Å². The Morgan fingerprint density at radius 1 is 0.373 bits per heavy atom. The second-order valence-electron chi connectivity index (χ2n) is 15.3. The van der Waals surface area contributed by atoms with E-state index in [1.165, 1.54) is 27.1 Å². The quantitative estimate of drug-likeness (QED) is 0.180. The summed E-state index contributed by atoms with van der Waals surface area (Å²) in [5.41, 5.74) is 12.3. The lowest BCUT2D eigenvalue weighted by molar-refractivity contribution is 0.673. The molecule has 0 amide bonds. The molecule has 0 spiro atoms. The van der Waals surface area contributed by atoms with Crippen LogP contribution in [0, 0.1) is 0 Å². The van der Waals surface area contributed by atoms with Gasteiger partial charge >= 0.3 is 0 Å². The van der Waals surface area contributed by atoms with Crippen molar-refractivity contribution in [3.63, 3.8) is 0 Å². The summed E-state index contributed by atoms with van der Waals surface area (Å²) in [6, 6.07) is 68.7. The lowest BCUT2D eigenvalue weighted by Gasteiger charge is -2.13. The van der Waals surface area contributed by atoms with E-state index >= 15 is 0 Å². The zero-order valence-electron chi connectivity index (χ0n) is 31.7. The van der Waals surface area contributed by atoms with E-state index in [1.807, 2.05) is 0 Å². The molecule has 13 rings (SSSR count). The largest absolute Gasteiger partial charge is 0.455 e. The molecule has 0 fully saturated rings. The van der Waals surface area contributed by atoms with Gasteiger partial charge in [-0.2, -0.15) is 0 Å². The van der Waals surface area contributed by atoms with Gasteiger partial charge in [-0.1, -0.05) is 140 Å². The highest BCUT2D eigenvalue weighted by molar-refractivity contribution is 6.29. The fraction of sp³-hybridized carbons (Fsp3) is 0. The van der Waals surface area contributed by atoms with Crippen LogP contribution in [0.1, 0.15) is 0 Å². The minimum absolute atomic E-state index is 0.612. The van der Waals surface area contributed by atoms with Gasteiger partial charge in [0, 0.05) is 43.6 Å². The van der Waals surface area contributed by atoms with Crippen molar-refractivity contribution >= 4 is 87.2 Å². The topological polar surface area (TPSA) is 48.8 Å². The molecule has 4 heterocycles. The van der Waals surface area contributed by atoms with Crippen molar-refractivity contribution in [2.24, 2.45) is 0 Å². The molecule has 59 heavy (non-hydrogen) atoms. The Kier molecular flexibility index (Phi) is 6.66. The number of rotatable bonds is 4. The molecule has 13 aromatic rings. The maximum Gasteiger partial charge on any atom is 0.235 e. The third kappa shape index (κ3) is 4.61. The summed E-state index contributed by atoms with van der Waals surface area (Å²) in [5.74, 6) is 0.612. The van der Waals surface area contributed by atoms with Crippen LogP contribution in [0.4, 0.5) is 0 Å². The number of furan rings is 1. The first kappa shape index (κ1) is 32.1. The van der Waals surface area contributed by atoms with Gasteiger partial charge in [0.2, 0.25) is 5.95 Å². The monoisotopic (exact) mass is 752 g/mol. The SMILES string of the molecule is c1ccc(-c2cc3oc4c(ccc5c4c4ccccc4n5-c4nc(-c5ccc6c7ccccc7n(-c7ccccc7)c6c5)c5ccccc5n4)c3c3ccccc23)cc1. The van der Waals surface area contributed by atoms with Gasteiger partial charge in [0.25, 0.3) is 0 Å². The predicted octanol–water partition coefficient (Wildman–Crippen LogP) is 14.2. The van der Waals surface area contributed by atoms with Crippen LogP contribution in [0.25, 0.3) is 121 Å². The zero-order valence-corrected chi connectivity index (χ0v) is 31.7. The fourth-order valence-corrected chi connectivity index (χ4v) is 9.58. The Hall–Kier alpha value is -8.02. The van der Waals surface area contributed by atoms with E-state index in [9.17, 15) is 0 Å². The Balaban J connectivity index is 1.08. The molecule has 0 unspecified atom stereocenters. The van der Waals surface area contributed by atoms with E-state index in [4.69, 9.17) is 14.4 Å². The van der Waals surface area contributed by atoms with E-state index in [1.54, 1.807) is 0 Å². The van der Waals surface area contributed by atoms with E-state index < -0.39 is 0 Å². The van der Waals surface area contributed by atoms with Gasteiger partial charge in [-0.25, -0.2) is 9.97 Å². The Morgan fingerprint density at radius 3 is 1.81 bits per heavy atom. The van der Waals surface area contributed by atoms with Crippen molar-refractivity contribution in [1.29, 1.82) is 0 Å². The smallest absolute Gasteiger partial charge is 0.235 e. The van der Waals surface area contributed by atoms with Crippen molar-refractivity contribution in [2.75, 3.05) is 0 Å². The molecule has 0 aliphatic rings. The molecule has 5 heteroatoms. The first-order chi connectivity index (χ1) is 29.3. The van der Waals surface area contributed by atoms with Crippen molar-refractivity contribution in [3.05, 3.63) is 194 Å². The van der Waals surface area contributed by atoms with E-state index in [2.05, 4.69) is 203 Å². The third-order valence-electron chi connectivity index (χ3n) is 12.1. The van der Waals surface area contributed by atoms with Gasteiger partial charge in [-0.3, -0.25) is 4.57 Å². The van der Waals surface area contributed by atoms with Gasteiger partial charge in [0.1, 0.15) is 11.2 Å². The molecule has 9 aromatic carbocycles. The molecular weight excluding hydrogens is 721 g/mol. The molecule has 5 nitrogen and oxygen atoms in total. The highest BCUT2D eigenvalue weighted by Crippen LogP contribution is 2.45. The van der Waals surface area contributed by atoms with Crippen LogP contribution in [0.15, 0.2) is 199 Å². The van der Waals surface area contributed by atoms with E-state index in [-0.39, 0.29) is 0 Å². The highest BCUT2D eigenvalue weighted by Gasteiger charge is 2.23. The normalized spacial score (nSPS) is 12.1. The van der Waals surface area contributed by atoms with Gasteiger partial charge in [-0.05, 0) is 76.5 Å². The maximum atomic E-state index is 7.01. The molecule has 0 aliphatic carbocycles. The average Bonchev–Trinajstić information content (AvgIpc) is 3.96. The summed E-state index contributed by atoms with van der Waals surface area (Å²) in [7, 11) is 0. The minimum atomic E-state index is 0.612. The van der Waals surface area contributed by atoms with Gasteiger partial charge in [0.05, 0.1) is 38.7 Å². The van der Waals surface area contributed by atoms with Crippen LogP contribution in [-0.2, 0) is 0 Å². The van der Waals surface area contributed by atoms with Crippen molar-refractivity contribution in [2.45, 2.75) is 0 Å². The van der Waals surface area contributed by atoms with E-state index in [0.717, 1.165) is 88.2 Å². The van der Waals surface area contributed by atoms with Crippen molar-refractivity contribution in [1.82, 2.24) is 19.1 Å². The van der Waals surface area contributed by atoms with Crippen LogP contribution in [-0.4, -0.2) is 19.1 Å². The molecule has 0 saturated carbocycles. The molecule has 0 atom stereocenters. The molecule has 0 N–H and O–H groups in total. The predicted molar refractivity (Wildman–Crippen MR) is 244 cm³/mol. The number of hydrogen-bond donors (Lipinski definition) is 0. The second kappa shape index (κ2) is 12.2. The minimum Gasteiger partial charge on any atom is -0.455 e. The molecule has 0 saturated heterocycles. The Labute approximate surface area is 337 Å². The third-order valence-corrected chi connectivity index (χ3v) is 12.1. The lowest BCUT2D eigenvalue weighted by atomic mass is 9.95. The molecule has 0 bridgehead atoms. The number of para-hydroxylation sites is 4. The van der Waals surface area contributed by atoms with Crippen LogP contribution in [0.3, 0.4) is 0 Å². The van der Waals surface area contributed by atoms with Crippen molar-refractivity contribution < 1.29 is 4.42 Å². The van der Waals surface area contributed by atoms with Gasteiger partial charge in [0.15, 0.2) is 0 Å². The molecule has 0 aliphatic heterocycles. The van der Waals surface area contributed by atoms with E-state index in [0.29, 0.717) is 5.95 Å². The summed E-state index contributed by atoms with van der Waals surface area (Å²) in [6.07, 6.45) is 0. The average molecular weight is 753 g/mol. The summed E-state index contributed by atoms with van der Waals surface area (Å²) < 4.78 is 11.6. The molecule has 274 valence electrons. The molecular formula is C54H32N4O.